The zero-order valence-corrected chi connectivity index (χ0v) is 11.2. The van der Waals surface area contributed by atoms with Gasteiger partial charge in [0.05, 0.1) is 4.92 Å². The summed E-state index contributed by atoms with van der Waals surface area (Å²) >= 11 is 0. The van der Waals surface area contributed by atoms with Crippen LogP contribution in [0.3, 0.4) is 0 Å². The molecule has 0 amide bonds. The second kappa shape index (κ2) is 4.04. The monoisotopic (exact) mass is 275 g/mol. The fourth-order valence-corrected chi connectivity index (χ4v) is 4.52. The van der Waals surface area contributed by atoms with E-state index in [1.54, 1.807) is 7.05 Å². The summed E-state index contributed by atoms with van der Waals surface area (Å²) in [5, 5.41) is 17.3. The second-order valence-electron chi connectivity index (χ2n) is 6.08. The molecule has 4 atom stereocenters. The molecule has 3 fully saturated rings. The molecule has 1 heterocycles. The summed E-state index contributed by atoms with van der Waals surface area (Å²) in [6, 6.07) is 0.375. The summed E-state index contributed by atoms with van der Waals surface area (Å²) in [5.74, 6) is 3.69. The maximum Gasteiger partial charge on any atom is 0.353 e. The topological polar surface area (TPSA) is 93.0 Å². The molecule has 0 aliphatic heterocycles. The minimum absolute atomic E-state index is 0.0488. The molecular formula is C13H17N5O2. The lowest BCUT2D eigenvalue weighted by molar-refractivity contribution is -0.383. The van der Waals surface area contributed by atoms with Crippen molar-refractivity contribution in [1.82, 2.24) is 9.97 Å². The van der Waals surface area contributed by atoms with E-state index in [0.717, 1.165) is 11.8 Å². The third kappa shape index (κ3) is 1.52. The molecule has 3 aliphatic rings. The Morgan fingerprint density at radius 3 is 2.50 bits per heavy atom. The van der Waals surface area contributed by atoms with E-state index in [2.05, 4.69) is 20.6 Å². The Morgan fingerprint density at radius 1 is 1.25 bits per heavy atom. The molecule has 3 aliphatic carbocycles. The molecule has 0 saturated heterocycles. The minimum Gasteiger partial charge on any atom is -0.367 e. The zero-order valence-electron chi connectivity index (χ0n) is 11.2. The number of rotatable bonds is 4. The normalized spacial score (nSPS) is 36.5. The third-order valence-electron chi connectivity index (χ3n) is 5.28. The first kappa shape index (κ1) is 11.9. The van der Waals surface area contributed by atoms with Gasteiger partial charge in [0.15, 0.2) is 0 Å². The van der Waals surface area contributed by atoms with Gasteiger partial charge in [0.1, 0.15) is 6.33 Å². The summed E-state index contributed by atoms with van der Waals surface area (Å²) in [6.45, 7) is 0. The smallest absolute Gasteiger partial charge is 0.353 e. The van der Waals surface area contributed by atoms with Crippen LogP contribution in [0.1, 0.15) is 19.3 Å². The van der Waals surface area contributed by atoms with Gasteiger partial charge in [0.2, 0.25) is 11.6 Å². The molecule has 0 aromatic carbocycles. The fraction of sp³-hybridized carbons (Fsp3) is 0.692. The summed E-state index contributed by atoms with van der Waals surface area (Å²) in [4.78, 5) is 18.8. The van der Waals surface area contributed by atoms with Gasteiger partial charge in [0.25, 0.3) is 0 Å². The Balaban J connectivity index is 1.60. The van der Waals surface area contributed by atoms with Gasteiger partial charge in [-0.15, -0.1) is 0 Å². The number of nitrogens with zero attached hydrogens (tertiary/aromatic N) is 3. The lowest BCUT2D eigenvalue weighted by atomic mass is 10.0. The molecule has 0 radical (unpaired) electrons. The minimum atomic E-state index is -0.416. The van der Waals surface area contributed by atoms with Crippen LogP contribution in [-0.2, 0) is 0 Å². The molecule has 7 nitrogen and oxygen atoms in total. The highest BCUT2D eigenvalue weighted by atomic mass is 16.6. The summed E-state index contributed by atoms with van der Waals surface area (Å²) in [7, 11) is 1.63. The average molecular weight is 275 g/mol. The Labute approximate surface area is 116 Å². The molecule has 106 valence electrons. The van der Waals surface area contributed by atoms with E-state index < -0.39 is 4.92 Å². The Bertz CT molecular complexity index is 562. The van der Waals surface area contributed by atoms with Crippen LogP contribution in [0, 0.1) is 33.8 Å². The third-order valence-corrected chi connectivity index (χ3v) is 5.28. The highest BCUT2D eigenvalue weighted by Crippen LogP contribution is 2.66. The van der Waals surface area contributed by atoms with Crippen molar-refractivity contribution in [2.75, 3.05) is 17.7 Å². The van der Waals surface area contributed by atoms with Gasteiger partial charge in [-0.1, -0.05) is 0 Å². The maximum atomic E-state index is 11.2. The Hall–Kier alpha value is -1.92. The van der Waals surface area contributed by atoms with Crippen molar-refractivity contribution in [3.05, 3.63) is 16.4 Å². The quantitative estimate of drug-likeness (QED) is 0.643. The van der Waals surface area contributed by atoms with Crippen LogP contribution >= 0.6 is 0 Å². The number of nitrogens with one attached hydrogen (secondary N) is 2. The number of aromatic nitrogens is 2. The first-order valence-corrected chi connectivity index (χ1v) is 7.14. The van der Waals surface area contributed by atoms with Crippen molar-refractivity contribution in [3.8, 4) is 0 Å². The zero-order chi connectivity index (χ0) is 13.9. The van der Waals surface area contributed by atoms with Crippen LogP contribution < -0.4 is 10.6 Å². The van der Waals surface area contributed by atoms with Crippen LogP contribution in [0.5, 0.6) is 0 Å². The van der Waals surface area contributed by atoms with Gasteiger partial charge in [-0.25, -0.2) is 9.97 Å². The number of hydrogen-bond acceptors (Lipinski definition) is 6. The highest BCUT2D eigenvalue weighted by molar-refractivity contribution is 5.69. The van der Waals surface area contributed by atoms with E-state index in [1.165, 1.54) is 25.6 Å². The van der Waals surface area contributed by atoms with Crippen LogP contribution in [0.25, 0.3) is 0 Å². The molecule has 2 bridgehead atoms. The Morgan fingerprint density at radius 2 is 1.90 bits per heavy atom. The number of hydrogen-bond donors (Lipinski definition) is 2. The van der Waals surface area contributed by atoms with Crippen molar-refractivity contribution in [2.24, 2.45) is 23.7 Å². The van der Waals surface area contributed by atoms with E-state index in [1.807, 2.05) is 0 Å². The van der Waals surface area contributed by atoms with Gasteiger partial charge in [-0.3, -0.25) is 10.1 Å². The molecule has 1 aromatic heterocycles. The predicted molar refractivity (Wildman–Crippen MR) is 73.5 cm³/mol. The first-order chi connectivity index (χ1) is 9.70. The first-order valence-electron chi connectivity index (χ1n) is 7.14. The van der Waals surface area contributed by atoms with E-state index in [9.17, 15) is 10.1 Å². The summed E-state index contributed by atoms with van der Waals surface area (Å²) in [5.41, 5.74) is -0.0488. The molecule has 3 saturated carbocycles. The van der Waals surface area contributed by atoms with Gasteiger partial charge in [-0.2, -0.15) is 0 Å². The molecule has 0 spiro atoms. The molecule has 2 N–H and O–H groups in total. The fourth-order valence-electron chi connectivity index (χ4n) is 4.52. The molecule has 4 rings (SSSR count). The van der Waals surface area contributed by atoms with Crippen LogP contribution in [0.2, 0.25) is 0 Å². The van der Waals surface area contributed by atoms with Crippen LogP contribution in [0.4, 0.5) is 17.3 Å². The standard InChI is InChI=1S/C13H17N5O2/c1-14-12-11(18(19)20)13(16-5-15-12)17-10-8-6-2-3-7(4-6)9(8)10/h5-10H,2-4H2,1H3,(H2,14,15,16,17). The van der Waals surface area contributed by atoms with Crippen LogP contribution in [-0.4, -0.2) is 28.0 Å². The molecule has 7 heteroatoms. The van der Waals surface area contributed by atoms with Crippen molar-refractivity contribution >= 4 is 17.3 Å². The Kier molecular flexibility index (Phi) is 2.40. The van der Waals surface area contributed by atoms with Gasteiger partial charge in [-0.05, 0) is 42.9 Å². The summed E-state index contributed by atoms with van der Waals surface area (Å²) in [6.07, 6.45) is 5.39. The number of anilines is 2. The van der Waals surface area contributed by atoms with Crippen molar-refractivity contribution in [3.63, 3.8) is 0 Å². The van der Waals surface area contributed by atoms with Crippen molar-refractivity contribution in [1.29, 1.82) is 0 Å². The van der Waals surface area contributed by atoms with Gasteiger partial charge in [0, 0.05) is 13.1 Å². The molecule has 4 unspecified atom stereocenters. The number of nitro groups is 1. The maximum absolute atomic E-state index is 11.2. The van der Waals surface area contributed by atoms with E-state index in [-0.39, 0.29) is 11.5 Å². The van der Waals surface area contributed by atoms with Crippen LogP contribution in [0.15, 0.2) is 6.33 Å². The molecule has 20 heavy (non-hydrogen) atoms. The predicted octanol–water partition coefficient (Wildman–Crippen LogP) is 1.88. The van der Waals surface area contributed by atoms with Gasteiger partial charge < -0.3 is 10.6 Å². The molecular weight excluding hydrogens is 258 g/mol. The number of fused-ring (bicyclic) bond motifs is 5. The average Bonchev–Trinajstić information content (AvgIpc) is 2.84. The van der Waals surface area contributed by atoms with Crippen molar-refractivity contribution < 1.29 is 4.92 Å². The largest absolute Gasteiger partial charge is 0.367 e. The lowest BCUT2D eigenvalue weighted by Gasteiger charge is -2.12. The molecule has 1 aromatic rings. The SMILES string of the molecule is CNc1ncnc(NC2C3C4CCC(C4)C23)c1[N+](=O)[O-]. The lowest BCUT2D eigenvalue weighted by Crippen LogP contribution is -2.15. The van der Waals surface area contributed by atoms with E-state index in [0.29, 0.717) is 23.7 Å². The van der Waals surface area contributed by atoms with E-state index in [4.69, 9.17) is 0 Å². The van der Waals surface area contributed by atoms with Gasteiger partial charge >= 0.3 is 5.69 Å². The highest BCUT2D eigenvalue weighted by Gasteiger charge is 2.65. The van der Waals surface area contributed by atoms with E-state index >= 15 is 0 Å². The second-order valence-corrected chi connectivity index (χ2v) is 6.08. The summed E-state index contributed by atoms with van der Waals surface area (Å²) < 4.78 is 0. The van der Waals surface area contributed by atoms with Crippen molar-refractivity contribution in [2.45, 2.75) is 25.3 Å².